The summed E-state index contributed by atoms with van der Waals surface area (Å²) in [4.78, 5) is 39.4. The Hall–Kier alpha value is -3.55. The largest absolute Gasteiger partial charge is 0.454 e. The fourth-order valence-electron chi connectivity index (χ4n) is 4.76. The third kappa shape index (κ3) is 3.66. The number of aryl methyl sites for hydroxylation is 1. The molecular formula is C24H25N3O5. The lowest BCUT2D eigenvalue weighted by atomic mass is 9.88. The van der Waals surface area contributed by atoms with Gasteiger partial charge in [-0.05, 0) is 55.0 Å². The molecule has 2 aromatic carbocycles. The molecule has 1 saturated heterocycles. The molecular weight excluding hydrogens is 410 g/mol. The van der Waals surface area contributed by atoms with Crippen LogP contribution >= 0.6 is 0 Å². The Kier molecular flexibility index (Phi) is 5.00. The molecule has 5 rings (SSSR count). The molecule has 0 aromatic heterocycles. The highest BCUT2D eigenvalue weighted by molar-refractivity contribution is 6.09. The highest BCUT2D eigenvalue weighted by Gasteiger charge is 2.48. The minimum Gasteiger partial charge on any atom is -0.454 e. The van der Waals surface area contributed by atoms with Gasteiger partial charge in [0.1, 0.15) is 12.1 Å². The van der Waals surface area contributed by atoms with Crippen molar-refractivity contribution in [1.82, 2.24) is 15.5 Å². The van der Waals surface area contributed by atoms with Gasteiger partial charge in [-0.3, -0.25) is 14.5 Å². The first-order chi connectivity index (χ1) is 15.4. The fourth-order valence-corrected chi connectivity index (χ4v) is 4.76. The highest BCUT2D eigenvalue weighted by Crippen LogP contribution is 2.34. The number of fused-ring (bicyclic) bond motifs is 2. The van der Waals surface area contributed by atoms with Gasteiger partial charge in [-0.2, -0.15) is 0 Å². The number of ether oxygens (including phenoxy) is 2. The van der Waals surface area contributed by atoms with Crippen LogP contribution in [0.15, 0.2) is 42.5 Å². The summed E-state index contributed by atoms with van der Waals surface area (Å²) < 4.78 is 10.7. The fraction of sp³-hybridized carbons (Fsp3) is 0.375. The van der Waals surface area contributed by atoms with Crippen LogP contribution in [0.2, 0.25) is 0 Å². The van der Waals surface area contributed by atoms with Gasteiger partial charge in [-0.1, -0.05) is 30.3 Å². The van der Waals surface area contributed by atoms with Crippen LogP contribution in [0.5, 0.6) is 11.5 Å². The van der Waals surface area contributed by atoms with Crippen LogP contribution in [0, 0.1) is 0 Å². The van der Waals surface area contributed by atoms with Gasteiger partial charge in [0.15, 0.2) is 11.5 Å². The first-order valence-corrected chi connectivity index (χ1v) is 10.8. The van der Waals surface area contributed by atoms with E-state index in [-0.39, 0.29) is 31.7 Å². The molecule has 2 aromatic rings. The van der Waals surface area contributed by atoms with E-state index in [1.54, 1.807) is 13.0 Å². The molecule has 1 fully saturated rings. The zero-order valence-electron chi connectivity index (χ0n) is 17.8. The van der Waals surface area contributed by atoms with Crippen molar-refractivity contribution >= 4 is 17.8 Å². The molecule has 32 heavy (non-hydrogen) atoms. The van der Waals surface area contributed by atoms with E-state index in [9.17, 15) is 14.4 Å². The number of nitrogens with one attached hydrogen (secondary N) is 2. The number of carbonyl (C=O) groups is 3. The minimum atomic E-state index is -1.14. The Labute approximate surface area is 185 Å². The summed E-state index contributed by atoms with van der Waals surface area (Å²) in [7, 11) is 0. The van der Waals surface area contributed by atoms with Gasteiger partial charge in [0.05, 0.1) is 6.04 Å². The molecule has 3 aliphatic rings. The molecule has 8 nitrogen and oxygen atoms in total. The number of nitrogens with zero attached hydrogens (tertiary/aromatic N) is 1. The van der Waals surface area contributed by atoms with E-state index in [1.807, 2.05) is 30.3 Å². The Balaban J connectivity index is 1.25. The molecule has 0 radical (unpaired) electrons. The standard InChI is InChI=1S/C24H25N3O5/c1-24(12-15-9-10-19-20(11-15)32-14-31-19)22(29)27(23(30)26-24)13-21(28)25-18-8-4-6-16-5-2-3-7-17(16)18/h2-3,5,7,9-11,18H,4,6,8,12-14H2,1H3,(H,25,28)(H,26,30)/t18-,24+/m1/s1. The maximum Gasteiger partial charge on any atom is 0.325 e. The van der Waals surface area contributed by atoms with Gasteiger partial charge in [0.2, 0.25) is 12.7 Å². The summed E-state index contributed by atoms with van der Waals surface area (Å²) >= 11 is 0. The Morgan fingerprint density at radius 2 is 2.00 bits per heavy atom. The Morgan fingerprint density at radius 1 is 1.19 bits per heavy atom. The van der Waals surface area contributed by atoms with Crippen LogP contribution in [-0.2, 0) is 22.4 Å². The first-order valence-electron chi connectivity index (χ1n) is 10.8. The van der Waals surface area contributed by atoms with Crippen molar-refractivity contribution in [2.24, 2.45) is 0 Å². The van der Waals surface area contributed by atoms with Crippen molar-refractivity contribution in [2.75, 3.05) is 13.3 Å². The second-order valence-corrected chi connectivity index (χ2v) is 8.73. The summed E-state index contributed by atoms with van der Waals surface area (Å²) in [6.45, 7) is 1.53. The zero-order valence-corrected chi connectivity index (χ0v) is 17.8. The highest BCUT2D eigenvalue weighted by atomic mass is 16.7. The van der Waals surface area contributed by atoms with Crippen molar-refractivity contribution < 1.29 is 23.9 Å². The lowest BCUT2D eigenvalue weighted by Gasteiger charge is -2.27. The number of hydrogen-bond acceptors (Lipinski definition) is 5. The van der Waals surface area contributed by atoms with E-state index >= 15 is 0 Å². The molecule has 2 heterocycles. The molecule has 0 bridgehead atoms. The number of benzene rings is 2. The van der Waals surface area contributed by atoms with Gasteiger partial charge in [0, 0.05) is 6.42 Å². The first kappa shape index (κ1) is 20.4. The second kappa shape index (κ2) is 7.85. The zero-order chi connectivity index (χ0) is 22.3. The average molecular weight is 435 g/mol. The van der Waals surface area contributed by atoms with Gasteiger partial charge in [-0.15, -0.1) is 0 Å². The smallest absolute Gasteiger partial charge is 0.325 e. The summed E-state index contributed by atoms with van der Waals surface area (Å²) in [5.41, 5.74) is 2.03. The topological polar surface area (TPSA) is 97.0 Å². The summed E-state index contributed by atoms with van der Waals surface area (Å²) in [6.07, 6.45) is 3.10. The van der Waals surface area contributed by atoms with Crippen molar-refractivity contribution in [1.29, 1.82) is 0 Å². The van der Waals surface area contributed by atoms with Gasteiger partial charge < -0.3 is 20.1 Å². The summed E-state index contributed by atoms with van der Waals surface area (Å²) in [5, 5.41) is 5.76. The van der Waals surface area contributed by atoms with Crippen molar-refractivity contribution in [3.63, 3.8) is 0 Å². The van der Waals surface area contributed by atoms with Gasteiger partial charge in [-0.25, -0.2) is 4.79 Å². The molecule has 0 saturated carbocycles. The maximum absolute atomic E-state index is 13.1. The van der Waals surface area contributed by atoms with E-state index in [0.29, 0.717) is 11.5 Å². The molecule has 2 aliphatic heterocycles. The lowest BCUT2D eigenvalue weighted by molar-refractivity contribution is -0.134. The molecule has 166 valence electrons. The predicted molar refractivity (Wildman–Crippen MR) is 115 cm³/mol. The molecule has 2 N–H and O–H groups in total. The van der Waals surface area contributed by atoms with E-state index in [4.69, 9.17) is 9.47 Å². The quantitative estimate of drug-likeness (QED) is 0.704. The van der Waals surface area contributed by atoms with Crippen LogP contribution in [0.4, 0.5) is 4.79 Å². The number of carbonyl (C=O) groups excluding carboxylic acids is 3. The molecule has 8 heteroatoms. The number of rotatable bonds is 5. The number of hydrogen-bond donors (Lipinski definition) is 2. The van der Waals surface area contributed by atoms with Gasteiger partial charge in [0.25, 0.3) is 5.91 Å². The molecule has 2 atom stereocenters. The van der Waals surface area contributed by atoms with Crippen LogP contribution in [0.3, 0.4) is 0 Å². The minimum absolute atomic E-state index is 0.103. The number of imide groups is 1. The van der Waals surface area contributed by atoms with E-state index in [1.165, 1.54) is 5.56 Å². The second-order valence-electron chi connectivity index (χ2n) is 8.73. The average Bonchev–Trinajstić information content (AvgIpc) is 3.32. The lowest BCUT2D eigenvalue weighted by Crippen LogP contribution is -2.47. The van der Waals surface area contributed by atoms with Crippen LogP contribution in [-0.4, -0.2) is 41.6 Å². The summed E-state index contributed by atoms with van der Waals surface area (Å²) in [6, 6.07) is 12.8. The van der Waals surface area contributed by atoms with Crippen LogP contribution < -0.4 is 20.1 Å². The molecule has 1 aliphatic carbocycles. The third-order valence-corrected chi connectivity index (χ3v) is 6.35. The maximum atomic E-state index is 13.1. The van der Waals surface area contributed by atoms with Crippen molar-refractivity contribution in [3.8, 4) is 11.5 Å². The van der Waals surface area contributed by atoms with E-state index in [0.717, 1.165) is 35.3 Å². The Morgan fingerprint density at radius 3 is 2.88 bits per heavy atom. The van der Waals surface area contributed by atoms with Crippen molar-refractivity contribution in [3.05, 3.63) is 59.2 Å². The van der Waals surface area contributed by atoms with E-state index < -0.39 is 17.5 Å². The van der Waals surface area contributed by atoms with E-state index in [2.05, 4.69) is 16.7 Å². The van der Waals surface area contributed by atoms with Gasteiger partial charge >= 0.3 is 6.03 Å². The molecule has 0 spiro atoms. The number of amides is 4. The number of urea groups is 1. The predicted octanol–water partition coefficient (Wildman–Crippen LogP) is 2.46. The molecule has 0 unspecified atom stereocenters. The third-order valence-electron chi connectivity index (χ3n) is 6.35. The van der Waals surface area contributed by atoms with Crippen LogP contribution in [0.25, 0.3) is 0 Å². The normalized spacial score (nSPS) is 23.7. The SMILES string of the molecule is C[C@@]1(Cc2ccc3c(c2)OCO3)NC(=O)N(CC(=O)N[C@@H]2CCCc3ccccc32)C1=O. The van der Waals surface area contributed by atoms with Crippen LogP contribution in [0.1, 0.15) is 42.5 Å². The van der Waals surface area contributed by atoms with Crippen molar-refractivity contribution in [2.45, 2.75) is 44.2 Å². The summed E-state index contributed by atoms with van der Waals surface area (Å²) in [5.74, 6) is 0.511. The monoisotopic (exact) mass is 435 g/mol. The molecule has 4 amide bonds. The Bertz CT molecular complexity index is 1100.